The number of carboxylic acids is 2. The van der Waals surface area contributed by atoms with Crippen molar-refractivity contribution in [3.8, 4) is 5.75 Å². The van der Waals surface area contributed by atoms with Gasteiger partial charge in [0.05, 0.1) is 18.8 Å². The molecule has 5 unspecified atom stereocenters. The topological polar surface area (TPSA) is 249 Å². The summed E-state index contributed by atoms with van der Waals surface area (Å²) in [7, 11) is 0. The molecule has 0 bridgehead atoms. The second kappa shape index (κ2) is 13.8. The van der Waals surface area contributed by atoms with E-state index in [-0.39, 0.29) is 25.0 Å². The fraction of sp³-hybridized carbons (Fsp3) is 0.476. The highest BCUT2D eigenvalue weighted by Crippen LogP contribution is 2.12. The van der Waals surface area contributed by atoms with E-state index in [1.807, 2.05) is 5.32 Å². The molecule has 0 saturated carbocycles. The molecule has 5 atom stereocenters. The van der Waals surface area contributed by atoms with Crippen LogP contribution in [0.15, 0.2) is 24.3 Å². The lowest BCUT2D eigenvalue weighted by Crippen LogP contribution is -2.60. The van der Waals surface area contributed by atoms with Crippen LogP contribution in [0.2, 0.25) is 0 Å². The van der Waals surface area contributed by atoms with Gasteiger partial charge in [0.2, 0.25) is 17.7 Å². The minimum atomic E-state index is -1.68. The summed E-state index contributed by atoms with van der Waals surface area (Å²) in [6, 6.07) is -0.276. The maximum absolute atomic E-state index is 13.0. The molecule has 35 heavy (non-hydrogen) atoms. The first kappa shape index (κ1) is 29.3. The van der Waals surface area contributed by atoms with Crippen LogP contribution < -0.4 is 21.7 Å². The Labute approximate surface area is 200 Å². The van der Waals surface area contributed by atoms with Gasteiger partial charge >= 0.3 is 11.9 Å². The fourth-order valence-electron chi connectivity index (χ4n) is 2.87. The lowest BCUT2D eigenvalue weighted by molar-refractivity contribution is -0.144. The summed E-state index contributed by atoms with van der Waals surface area (Å²) < 4.78 is 0. The predicted molar refractivity (Wildman–Crippen MR) is 119 cm³/mol. The number of aliphatic carboxylic acids is 2. The SMILES string of the molecule is CC(O)C(NC(=O)C(Cc1ccc(O)cc1)NC(=O)C(N)CCC(=O)O)C(=O)NC(CO)C(=O)O. The van der Waals surface area contributed by atoms with Crippen molar-refractivity contribution >= 4 is 29.7 Å². The molecule has 14 nitrogen and oxygen atoms in total. The summed E-state index contributed by atoms with van der Waals surface area (Å²) in [5.41, 5.74) is 6.19. The van der Waals surface area contributed by atoms with E-state index in [9.17, 15) is 34.2 Å². The fourth-order valence-corrected chi connectivity index (χ4v) is 2.87. The van der Waals surface area contributed by atoms with Crippen LogP contribution in [-0.4, -0.2) is 92.1 Å². The Morgan fingerprint density at radius 2 is 1.49 bits per heavy atom. The number of hydrogen-bond acceptors (Lipinski definition) is 9. The van der Waals surface area contributed by atoms with Crippen molar-refractivity contribution in [1.29, 1.82) is 0 Å². The molecule has 1 rings (SSSR count). The molecule has 1 aromatic rings. The van der Waals surface area contributed by atoms with E-state index in [0.717, 1.165) is 6.92 Å². The number of nitrogens with one attached hydrogen (secondary N) is 3. The van der Waals surface area contributed by atoms with Gasteiger partial charge in [0.15, 0.2) is 0 Å². The maximum atomic E-state index is 13.0. The van der Waals surface area contributed by atoms with Crippen LogP contribution in [-0.2, 0) is 30.4 Å². The van der Waals surface area contributed by atoms with E-state index in [1.54, 1.807) is 0 Å². The van der Waals surface area contributed by atoms with Gasteiger partial charge in [0, 0.05) is 12.8 Å². The largest absolute Gasteiger partial charge is 0.508 e. The molecule has 0 aliphatic carbocycles. The van der Waals surface area contributed by atoms with E-state index in [1.165, 1.54) is 24.3 Å². The normalized spacial score (nSPS) is 15.1. The molecule has 0 aromatic heterocycles. The van der Waals surface area contributed by atoms with Gasteiger partial charge in [-0.25, -0.2) is 4.79 Å². The van der Waals surface area contributed by atoms with E-state index in [0.29, 0.717) is 5.56 Å². The summed E-state index contributed by atoms with van der Waals surface area (Å²) in [4.78, 5) is 59.7. The van der Waals surface area contributed by atoms with Crippen LogP contribution in [0, 0.1) is 0 Å². The van der Waals surface area contributed by atoms with Gasteiger partial charge in [0.25, 0.3) is 0 Å². The number of carboxylic acid groups (broad SMARTS) is 2. The van der Waals surface area contributed by atoms with Gasteiger partial charge in [-0.2, -0.15) is 0 Å². The summed E-state index contributed by atoms with van der Waals surface area (Å²) in [5, 5.41) is 52.9. The van der Waals surface area contributed by atoms with Gasteiger partial charge < -0.3 is 47.2 Å². The monoisotopic (exact) mass is 498 g/mol. The maximum Gasteiger partial charge on any atom is 0.328 e. The number of carbonyl (C=O) groups excluding carboxylic acids is 3. The van der Waals surface area contributed by atoms with Crippen molar-refractivity contribution in [3.05, 3.63) is 29.8 Å². The molecule has 14 heteroatoms. The molecule has 10 N–H and O–H groups in total. The molecule has 0 aliphatic heterocycles. The van der Waals surface area contributed by atoms with Gasteiger partial charge in [-0.15, -0.1) is 0 Å². The number of hydrogen-bond donors (Lipinski definition) is 9. The number of phenolic OH excluding ortho intramolecular Hbond substituents is 1. The second-order valence-corrected chi connectivity index (χ2v) is 7.78. The average Bonchev–Trinajstić information content (AvgIpc) is 2.79. The molecule has 1 aromatic carbocycles. The smallest absolute Gasteiger partial charge is 0.328 e. The Balaban J connectivity index is 3.07. The molecule has 0 saturated heterocycles. The standard InChI is InChI=1S/C21H30N4O10/c1-10(27)17(20(33)24-15(9-26)21(34)35)25-19(32)14(8-11-2-4-12(28)5-3-11)23-18(31)13(22)6-7-16(29)30/h2-5,10,13-15,17,26-28H,6-9,22H2,1H3,(H,23,31)(H,24,33)(H,25,32)(H,29,30)(H,34,35). The first-order valence-corrected chi connectivity index (χ1v) is 10.5. The number of benzene rings is 1. The van der Waals surface area contributed by atoms with Crippen molar-refractivity contribution in [2.75, 3.05) is 6.61 Å². The van der Waals surface area contributed by atoms with E-state index in [2.05, 4.69) is 10.6 Å². The number of aliphatic hydroxyl groups excluding tert-OH is 2. The number of aromatic hydroxyl groups is 1. The van der Waals surface area contributed by atoms with Crippen molar-refractivity contribution < 1.29 is 49.5 Å². The second-order valence-electron chi connectivity index (χ2n) is 7.78. The van der Waals surface area contributed by atoms with Crippen LogP contribution >= 0.6 is 0 Å². The van der Waals surface area contributed by atoms with Crippen molar-refractivity contribution in [1.82, 2.24) is 16.0 Å². The Hall–Kier alpha value is -3.75. The molecule has 0 fully saturated rings. The van der Waals surface area contributed by atoms with Crippen molar-refractivity contribution in [2.24, 2.45) is 5.73 Å². The Bertz CT molecular complexity index is 906. The molecular formula is C21H30N4O10. The summed E-state index contributed by atoms with van der Waals surface area (Å²) in [5.74, 6) is -5.62. The molecule has 0 aliphatic rings. The molecule has 194 valence electrons. The number of phenols is 1. The number of amides is 3. The van der Waals surface area contributed by atoms with Crippen LogP contribution in [0.25, 0.3) is 0 Å². The third-order valence-electron chi connectivity index (χ3n) is 4.87. The number of aliphatic hydroxyl groups is 2. The zero-order valence-corrected chi connectivity index (χ0v) is 18.9. The van der Waals surface area contributed by atoms with E-state index < -0.39 is 66.5 Å². The highest BCUT2D eigenvalue weighted by atomic mass is 16.4. The van der Waals surface area contributed by atoms with Gasteiger partial charge in [-0.1, -0.05) is 12.1 Å². The Morgan fingerprint density at radius 3 is 1.97 bits per heavy atom. The Kier molecular flexibility index (Phi) is 11.6. The van der Waals surface area contributed by atoms with Crippen LogP contribution in [0.5, 0.6) is 5.75 Å². The highest BCUT2D eigenvalue weighted by molar-refractivity contribution is 5.94. The molecular weight excluding hydrogens is 468 g/mol. The average molecular weight is 498 g/mol. The van der Waals surface area contributed by atoms with Crippen LogP contribution in [0.1, 0.15) is 25.3 Å². The van der Waals surface area contributed by atoms with Crippen LogP contribution in [0.3, 0.4) is 0 Å². The van der Waals surface area contributed by atoms with Crippen molar-refractivity contribution in [3.63, 3.8) is 0 Å². The summed E-state index contributed by atoms with van der Waals surface area (Å²) in [6.07, 6.45) is -2.21. The molecule has 0 radical (unpaired) electrons. The first-order chi connectivity index (χ1) is 16.3. The highest BCUT2D eigenvalue weighted by Gasteiger charge is 2.32. The van der Waals surface area contributed by atoms with Gasteiger partial charge in [0.1, 0.15) is 23.9 Å². The number of carbonyl (C=O) groups is 5. The summed E-state index contributed by atoms with van der Waals surface area (Å²) in [6.45, 7) is 0.226. The van der Waals surface area contributed by atoms with Crippen molar-refractivity contribution in [2.45, 2.75) is 56.5 Å². The molecule has 0 heterocycles. The minimum absolute atomic E-state index is 0.0443. The molecule has 3 amide bonds. The first-order valence-electron chi connectivity index (χ1n) is 10.5. The predicted octanol–water partition coefficient (Wildman–Crippen LogP) is -2.96. The van der Waals surface area contributed by atoms with Gasteiger partial charge in [-0.05, 0) is 31.0 Å². The number of rotatable bonds is 14. The third-order valence-corrected chi connectivity index (χ3v) is 4.87. The quantitative estimate of drug-likeness (QED) is 0.125. The van der Waals surface area contributed by atoms with E-state index >= 15 is 0 Å². The van der Waals surface area contributed by atoms with Crippen LogP contribution in [0.4, 0.5) is 0 Å². The zero-order chi connectivity index (χ0) is 26.7. The summed E-state index contributed by atoms with van der Waals surface area (Å²) >= 11 is 0. The minimum Gasteiger partial charge on any atom is -0.508 e. The lowest BCUT2D eigenvalue weighted by atomic mass is 10.0. The molecule has 0 spiro atoms. The number of nitrogens with two attached hydrogens (primary N) is 1. The lowest BCUT2D eigenvalue weighted by Gasteiger charge is -2.26. The zero-order valence-electron chi connectivity index (χ0n) is 18.9. The Morgan fingerprint density at radius 1 is 0.914 bits per heavy atom. The van der Waals surface area contributed by atoms with E-state index in [4.69, 9.17) is 21.1 Å². The third kappa shape index (κ3) is 9.95. The van der Waals surface area contributed by atoms with Gasteiger partial charge in [-0.3, -0.25) is 19.2 Å².